The van der Waals surface area contributed by atoms with Gasteiger partial charge >= 0.3 is 5.69 Å². The molecule has 7 nitrogen and oxygen atoms in total. The number of hydrogen-bond donors (Lipinski definition) is 3. The Labute approximate surface area is 116 Å². The number of nitrogens with two attached hydrogens (primary N) is 1. The minimum absolute atomic E-state index is 0.204. The fourth-order valence-corrected chi connectivity index (χ4v) is 2.29. The third-order valence-corrected chi connectivity index (χ3v) is 3.28. The summed E-state index contributed by atoms with van der Waals surface area (Å²) in [5.74, 6) is 0. The maximum atomic E-state index is 11.8. The molecule has 1 saturated heterocycles. The predicted molar refractivity (Wildman–Crippen MR) is 72.9 cm³/mol. The summed E-state index contributed by atoms with van der Waals surface area (Å²) in [4.78, 5) is 27.0. The number of aliphatic hydroxyl groups is 1. The molecular formula is C11H14BrN3O4. The lowest BCUT2D eigenvalue weighted by Gasteiger charge is -2.14. The van der Waals surface area contributed by atoms with E-state index < -0.39 is 23.6 Å². The van der Waals surface area contributed by atoms with Crippen LogP contribution in [0.2, 0.25) is 0 Å². The number of aromatic nitrogens is 2. The third kappa shape index (κ3) is 2.86. The maximum absolute atomic E-state index is 11.8. The van der Waals surface area contributed by atoms with Gasteiger partial charge < -0.3 is 15.6 Å². The first-order valence-corrected chi connectivity index (χ1v) is 6.62. The van der Waals surface area contributed by atoms with Crippen LogP contribution in [0.1, 0.15) is 18.2 Å². The average Bonchev–Trinajstić information content (AvgIpc) is 2.74. The monoisotopic (exact) mass is 331 g/mol. The van der Waals surface area contributed by atoms with Crippen molar-refractivity contribution < 1.29 is 9.84 Å². The predicted octanol–water partition coefficient (Wildman–Crippen LogP) is -0.491. The van der Waals surface area contributed by atoms with Gasteiger partial charge in [-0.1, -0.05) is 15.9 Å². The molecule has 1 aromatic rings. The van der Waals surface area contributed by atoms with Crippen molar-refractivity contribution in [1.29, 1.82) is 0 Å². The average molecular weight is 332 g/mol. The highest BCUT2D eigenvalue weighted by molar-refractivity contribution is 9.11. The Morgan fingerprint density at radius 3 is 2.95 bits per heavy atom. The Morgan fingerprint density at radius 2 is 2.37 bits per heavy atom. The van der Waals surface area contributed by atoms with Gasteiger partial charge in [-0.25, -0.2) is 4.79 Å². The van der Waals surface area contributed by atoms with Gasteiger partial charge in [-0.3, -0.25) is 14.3 Å². The summed E-state index contributed by atoms with van der Waals surface area (Å²) in [6.07, 6.45) is 2.25. The second-order valence-corrected chi connectivity index (χ2v) is 4.78. The highest BCUT2D eigenvalue weighted by atomic mass is 79.9. The van der Waals surface area contributed by atoms with Crippen LogP contribution in [0.4, 0.5) is 0 Å². The number of ether oxygens (including phenoxy) is 1. The summed E-state index contributed by atoms with van der Waals surface area (Å²) in [6.45, 7) is -0.204. The summed E-state index contributed by atoms with van der Waals surface area (Å²) in [5.41, 5.74) is 5.08. The van der Waals surface area contributed by atoms with E-state index in [1.165, 1.54) is 21.8 Å². The number of nitrogens with one attached hydrogen (secondary N) is 1. The van der Waals surface area contributed by atoms with Gasteiger partial charge in [0.15, 0.2) is 0 Å². The van der Waals surface area contributed by atoms with Gasteiger partial charge in [0.2, 0.25) is 0 Å². The van der Waals surface area contributed by atoms with Crippen LogP contribution < -0.4 is 17.0 Å². The molecule has 0 spiro atoms. The fourth-order valence-electron chi connectivity index (χ4n) is 2.00. The Bertz CT molecular complexity index is 594. The molecule has 1 fully saturated rings. The smallest absolute Gasteiger partial charge is 0.330 e. The summed E-state index contributed by atoms with van der Waals surface area (Å²) in [7, 11) is 0. The van der Waals surface area contributed by atoms with Crippen LogP contribution in [0.15, 0.2) is 20.8 Å². The standard InChI is InChI=1S/C11H14BrN3O4/c12-2-1-6-4-15(11(18)14-10(6)17)9-3-7(13)8(5-16)19-9/h1-2,4,7-9,16H,3,5,13H2,(H,14,17,18)/b2-1+. The van der Waals surface area contributed by atoms with Crippen molar-refractivity contribution in [2.45, 2.75) is 24.8 Å². The molecule has 2 rings (SSSR count). The largest absolute Gasteiger partial charge is 0.394 e. The van der Waals surface area contributed by atoms with Gasteiger partial charge in [-0.05, 0) is 11.1 Å². The zero-order valence-corrected chi connectivity index (χ0v) is 11.5. The van der Waals surface area contributed by atoms with Crippen LogP contribution in [0.25, 0.3) is 6.08 Å². The molecule has 1 aromatic heterocycles. The molecule has 0 saturated carbocycles. The summed E-state index contributed by atoms with van der Waals surface area (Å²) in [6, 6.07) is -0.344. The van der Waals surface area contributed by atoms with Crippen molar-refractivity contribution in [1.82, 2.24) is 9.55 Å². The Kier molecular flexibility index (Phi) is 4.35. The molecule has 3 atom stereocenters. The van der Waals surface area contributed by atoms with Crippen molar-refractivity contribution in [2.24, 2.45) is 5.73 Å². The maximum Gasteiger partial charge on any atom is 0.330 e. The number of rotatable bonds is 3. The molecule has 0 bridgehead atoms. The first kappa shape index (κ1) is 14.2. The first-order valence-electron chi connectivity index (χ1n) is 5.71. The molecule has 8 heteroatoms. The summed E-state index contributed by atoms with van der Waals surface area (Å²) < 4.78 is 6.77. The van der Waals surface area contributed by atoms with Gasteiger partial charge in [0.05, 0.1) is 18.3 Å². The number of nitrogens with zero attached hydrogens (tertiary/aromatic N) is 1. The lowest BCUT2D eigenvalue weighted by molar-refractivity contribution is -0.0271. The summed E-state index contributed by atoms with van der Waals surface area (Å²) >= 11 is 3.07. The highest BCUT2D eigenvalue weighted by Crippen LogP contribution is 2.25. The van der Waals surface area contributed by atoms with Crippen LogP contribution >= 0.6 is 15.9 Å². The minimum atomic E-state index is -0.584. The number of halogens is 1. The molecule has 0 aromatic carbocycles. The summed E-state index contributed by atoms with van der Waals surface area (Å²) in [5, 5.41) is 9.09. The zero-order valence-electron chi connectivity index (χ0n) is 9.95. The minimum Gasteiger partial charge on any atom is -0.394 e. The molecule has 1 aliphatic heterocycles. The second kappa shape index (κ2) is 5.83. The van der Waals surface area contributed by atoms with E-state index in [2.05, 4.69) is 20.9 Å². The normalized spacial score (nSPS) is 27.2. The van der Waals surface area contributed by atoms with Crippen LogP contribution in [-0.4, -0.2) is 33.4 Å². The van der Waals surface area contributed by atoms with Crippen molar-refractivity contribution in [2.75, 3.05) is 6.61 Å². The van der Waals surface area contributed by atoms with E-state index in [1.54, 1.807) is 0 Å². The van der Waals surface area contributed by atoms with Crippen LogP contribution in [0.5, 0.6) is 0 Å². The molecule has 104 valence electrons. The SMILES string of the molecule is NC1CC(n2cc(/C=C/Br)c(=O)[nH]c2=O)OC1CO. The van der Waals surface area contributed by atoms with E-state index in [0.717, 1.165) is 0 Å². The highest BCUT2D eigenvalue weighted by Gasteiger charge is 2.33. The van der Waals surface area contributed by atoms with Crippen molar-refractivity contribution in [3.8, 4) is 0 Å². The molecule has 19 heavy (non-hydrogen) atoms. The molecule has 3 unspecified atom stereocenters. The van der Waals surface area contributed by atoms with E-state index in [0.29, 0.717) is 12.0 Å². The number of hydrogen-bond acceptors (Lipinski definition) is 5. The molecule has 1 aliphatic rings. The Hall–Kier alpha value is -1.22. The number of aromatic amines is 1. The van der Waals surface area contributed by atoms with E-state index in [4.69, 9.17) is 15.6 Å². The van der Waals surface area contributed by atoms with E-state index in [9.17, 15) is 9.59 Å². The lowest BCUT2D eigenvalue weighted by atomic mass is 10.1. The van der Waals surface area contributed by atoms with E-state index in [-0.39, 0.29) is 12.6 Å². The number of aliphatic hydroxyl groups excluding tert-OH is 1. The molecule has 0 aliphatic carbocycles. The zero-order chi connectivity index (χ0) is 14.0. The first-order chi connectivity index (χ1) is 9.06. The van der Waals surface area contributed by atoms with E-state index >= 15 is 0 Å². The van der Waals surface area contributed by atoms with Gasteiger partial charge in [0, 0.05) is 18.7 Å². The van der Waals surface area contributed by atoms with Crippen LogP contribution in [0.3, 0.4) is 0 Å². The topological polar surface area (TPSA) is 110 Å². The van der Waals surface area contributed by atoms with Crippen molar-refractivity contribution in [3.63, 3.8) is 0 Å². The lowest BCUT2D eigenvalue weighted by Crippen LogP contribution is -2.33. The van der Waals surface area contributed by atoms with Gasteiger partial charge in [0.25, 0.3) is 5.56 Å². The van der Waals surface area contributed by atoms with Crippen molar-refractivity contribution >= 4 is 22.0 Å². The Morgan fingerprint density at radius 1 is 1.63 bits per heavy atom. The molecule has 0 radical (unpaired) electrons. The van der Waals surface area contributed by atoms with Gasteiger partial charge in [-0.2, -0.15) is 0 Å². The quantitative estimate of drug-likeness (QED) is 0.692. The van der Waals surface area contributed by atoms with E-state index in [1.807, 2.05) is 0 Å². The molecular weight excluding hydrogens is 318 g/mol. The number of H-pyrrole nitrogens is 1. The van der Waals surface area contributed by atoms with Crippen LogP contribution in [-0.2, 0) is 4.74 Å². The third-order valence-electron chi connectivity index (χ3n) is 3.01. The second-order valence-electron chi connectivity index (χ2n) is 4.25. The van der Waals surface area contributed by atoms with Crippen molar-refractivity contribution in [3.05, 3.63) is 37.6 Å². The molecule has 0 amide bonds. The van der Waals surface area contributed by atoms with Gasteiger partial charge in [-0.15, -0.1) is 0 Å². The molecule has 2 heterocycles. The molecule has 4 N–H and O–H groups in total. The van der Waals surface area contributed by atoms with Crippen LogP contribution in [0, 0.1) is 0 Å². The fraction of sp³-hybridized carbons (Fsp3) is 0.455. The Balaban J connectivity index is 2.38. The van der Waals surface area contributed by atoms with Gasteiger partial charge in [0.1, 0.15) is 6.23 Å².